The third-order valence-corrected chi connectivity index (χ3v) is 4.19. The lowest BCUT2D eigenvalue weighted by Crippen LogP contribution is -2.44. The Balaban J connectivity index is 0.00000180. The maximum absolute atomic E-state index is 12.5. The smallest absolute Gasteiger partial charge is 0.254 e. The van der Waals surface area contributed by atoms with E-state index in [-0.39, 0.29) is 18.3 Å². The molecule has 1 aromatic carbocycles. The molecule has 1 N–H and O–H groups in total. The van der Waals surface area contributed by atoms with Gasteiger partial charge >= 0.3 is 0 Å². The number of nitrogens with zero attached hydrogens (tertiary/aromatic N) is 1. The number of halogens is 2. The SMILES string of the molecule is Cc1ccc(C(=O)N(C)C2CCNCC2)c(Br)c1.Cl. The lowest BCUT2D eigenvalue weighted by Gasteiger charge is -2.32. The lowest BCUT2D eigenvalue weighted by atomic mass is 10.0. The molecule has 1 saturated heterocycles. The maximum Gasteiger partial charge on any atom is 0.254 e. The van der Waals surface area contributed by atoms with Crippen LogP contribution in [0.5, 0.6) is 0 Å². The van der Waals surface area contributed by atoms with Crippen molar-refractivity contribution in [3.8, 4) is 0 Å². The molecule has 5 heteroatoms. The molecule has 3 nitrogen and oxygen atoms in total. The van der Waals surface area contributed by atoms with Gasteiger partial charge in [-0.15, -0.1) is 12.4 Å². The second kappa shape index (κ2) is 7.27. The Labute approximate surface area is 129 Å². The van der Waals surface area contributed by atoms with E-state index in [1.807, 2.05) is 37.1 Å². The zero-order chi connectivity index (χ0) is 13.1. The topological polar surface area (TPSA) is 32.3 Å². The van der Waals surface area contributed by atoms with Crippen molar-refractivity contribution in [3.05, 3.63) is 33.8 Å². The Morgan fingerprint density at radius 2 is 2.00 bits per heavy atom. The molecule has 0 spiro atoms. The van der Waals surface area contributed by atoms with Crippen LogP contribution in [-0.2, 0) is 0 Å². The molecule has 0 saturated carbocycles. The van der Waals surface area contributed by atoms with Crippen molar-refractivity contribution in [2.45, 2.75) is 25.8 Å². The highest BCUT2D eigenvalue weighted by Gasteiger charge is 2.23. The summed E-state index contributed by atoms with van der Waals surface area (Å²) in [6, 6.07) is 6.23. The van der Waals surface area contributed by atoms with E-state index in [9.17, 15) is 4.79 Å². The van der Waals surface area contributed by atoms with Gasteiger partial charge in [-0.2, -0.15) is 0 Å². The predicted molar refractivity (Wildman–Crippen MR) is 84.1 cm³/mol. The molecule has 1 fully saturated rings. The van der Waals surface area contributed by atoms with Crippen LogP contribution in [-0.4, -0.2) is 37.0 Å². The average Bonchev–Trinajstić information content (AvgIpc) is 2.38. The molecule has 1 aliphatic heterocycles. The number of benzene rings is 1. The van der Waals surface area contributed by atoms with Crippen LogP contribution in [0.2, 0.25) is 0 Å². The van der Waals surface area contributed by atoms with E-state index in [1.165, 1.54) is 0 Å². The predicted octanol–water partition coefficient (Wildman–Crippen LogP) is 3.00. The molecule has 0 radical (unpaired) electrons. The van der Waals surface area contributed by atoms with Crippen LogP contribution in [0.1, 0.15) is 28.8 Å². The lowest BCUT2D eigenvalue weighted by molar-refractivity contribution is 0.0702. The van der Waals surface area contributed by atoms with Crippen molar-refractivity contribution < 1.29 is 4.79 Å². The summed E-state index contributed by atoms with van der Waals surface area (Å²) >= 11 is 3.48. The Morgan fingerprint density at radius 1 is 1.37 bits per heavy atom. The summed E-state index contributed by atoms with van der Waals surface area (Å²) in [7, 11) is 1.91. The molecule has 0 atom stereocenters. The fraction of sp³-hybridized carbons (Fsp3) is 0.500. The number of nitrogens with one attached hydrogen (secondary N) is 1. The molecule has 0 aromatic heterocycles. The van der Waals surface area contributed by atoms with Crippen molar-refractivity contribution in [1.82, 2.24) is 10.2 Å². The van der Waals surface area contributed by atoms with Gasteiger partial charge < -0.3 is 10.2 Å². The largest absolute Gasteiger partial charge is 0.339 e. The van der Waals surface area contributed by atoms with E-state index in [1.54, 1.807) is 0 Å². The molecule has 0 aliphatic carbocycles. The highest BCUT2D eigenvalue weighted by molar-refractivity contribution is 9.10. The van der Waals surface area contributed by atoms with Gasteiger partial charge in [-0.3, -0.25) is 4.79 Å². The number of carbonyl (C=O) groups excluding carboxylic acids is 1. The van der Waals surface area contributed by atoms with Gasteiger partial charge in [0, 0.05) is 17.6 Å². The van der Waals surface area contributed by atoms with Gasteiger partial charge in [0.05, 0.1) is 5.56 Å². The fourth-order valence-corrected chi connectivity index (χ4v) is 3.01. The van der Waals surface area contributed by atoms with E-state index in [2.05, 4.69) is 21.2 Å². The number of aryl methyl sites for hydroxylation is 1. The Hall–Kier alpha value is -0.580. The number of rotatable bonds is 2. The van der Waals surface area contributed by atoms with Crippen molar-refractivity contribution in [2.75, 3.05) is 20.1 Å². The zero-order valence-electron chi connectivity index (χ0n) is 11.3. The van der Waals surface area contributed by atoms with Crippen LogP contribution >= 0.6 is 28.3 Å². The molecule has 19 heavy (non-hydrogen) atoms. The molecule has 0 unspecified atom stereocenters. The zero-order valence-corrected chi connectivity index (χ0v) is 13.7. The number of piperidine rings is 1. The van der Waals surface area contributed by atoms with Crippen molar-refractivity contribution >= 4 is 34.2 Å². The first-order chi connectivity index (χ1) is 8.59. The van der Waals surface area contributed by atoms with Crippen molar-refractivity contribution in [3.63, 3.8) is 0 Å². The first kappa shape index (κ1) is 16.5. The third kappa shape index (κ3) is 3.94. The van der Waals surface area contributed by atoms with Crippen LogP contribution in [0.25, 0.3) is 0 Å². The minimum atomic E-state index is 0. The maximum atomic E-state index is 12.5. The molecule has 2 rings (SSSR count). The summed E-state index contributed by atoms with van der Waals surface area (Å²) in [5.41, 5.74) is 1.91. The molecule has 0 bridgehead atoms. The standard InChI is InChI=1S/C14H19BrN2O.ClH/c1-10-3-4-12(13(15)9-10)14(18)17(2)11-5-7-16-8-6-11;/h3-4,9,11,16H,5-8H2,1-2H3;1H. The Bertz CT molecular complexity index is 447. The summed E-state index contributed by atoms with van der Waals surface area (Å²) in [5, 5.41) is 3.32. The average molecular weight is 348 g/mol. The minimum Gasteiger partial charge on any atom is -0.339 e. The van der Waals surface area contributed by atoms with Gasteiger partial charge in [-0.05, 0) is 66.5 Å². The van der Waals surface area contributed by atoms with E-state index in [4.69, 9.17) is 0 Å². The highest BCUT2D eigenvalue weighted by Crippen LogP contribution is 2.21. The quantitative estimate of drug-likeness (QED) is 0.892. The van der Waals surface area contributed by atoms with Gasteiger partial charge in [0.1, 0.15) is 0 Å². The van der Waals surface area contributed by atoms with Gasteiger partial charge in [0.25, 0.3) is 5.91 Å². The molecule has 1 aliphatic rings. The normalized spacial score (nSPS) is 15.7. The second-order valence-electron chi connectivity index (χ2n) is 4.88. The molecule has 106 valence electrons. The van der Waals surface area contributed by atoms with Crippen LogP contribution in [0.3, 0.4) is 0 Å². The Kier molecular flexibility index (Phi) is 6.30. The fourth-order valence-electron chi connectivity index (χ4n) is 2.34. The second-order valence-corrected chi connectivity index (χ2v) is 5.73. The summed E-state index contributed by atoms with van der Waals surface area (Å²) in [4.78, 5) is 14.3. The Morgan fingerprint density at radius 3 is 2.58 bits per heavy atom. The minimum absolute atomic E-state index is 0. The molecule has 1 amide bonds. The molecular formula is C14H20BrClN2O. The van der Waals surface area contributed by atoms with Gasteiger partial charge in [0.15, 0.2) is 0 Å². The van der Waals surface area contributed by atoms with Crippen LogP contribution in [0, 0.1) is 6.92 Å². The van der Waals surface area contributed by atoms with Gasteiger partial charge in [-0.1, -0.05) is 6.07 Å². The van der Waals surface area contributed by atoms with E-state index < -0.39 is 0 Å². The summed E-state index contributed by atoms with van der Waals surface area (Å²) in [5.74, 6) is 0.105. The van der Waals surface area contributed by atoms with E-state index in [0.29, 0.717) is 6.04 Å². The van der Waals surface area contributed by atoms with E-state index >= 15 is 0 Å². The first-order valence-corrected chi connectivity index (χ1v) is 7.13. The van der Waals surface area contributed by atoms with Crippen LogP contribution in [0.15, 0.2) is 22.7 Å². The number of carbonyl (C=O) groups is 1. The first-order valence-electron chi connectivity index (χ1n) is 6.33. The molecular weight excluding hydrogens is 328 g/mol. The molecule has 1 heterocycles. The van der Waals surface area contributed by atoms with E-state index in [0.717, 1.165) is 41.5 Å². The van der Waals surface area contributed by atoms with Crippen LogP contribution < -0.4 is 5.32 Å². The number of hydrogen-bond acceptors (Lipinski definition) is 2. The third-order valence-electron chi connectivity index (χ3n) is 3.53. The van der Waals surface area contributed by atoms with Gasteiger partial charge in [0.2, 0.25) is 0 Å². The van der Waals surface area contributed by atoms with Crippen molar-refractivity contribution in [1.29, 1.82) is 0 Å². The number of hydrogen-bond donors (Lipinski definition) is 1. The van der Waals surface area contributed by atoms with Crippen molar-refractivity contribution in [2.24, 2.45) is 0 Å². The highest BCUT2D eigenvalue weighted by atomic mass is 79.9. The summed E-state index contributed by atoms with van der Waals surface area (Å²) in [6.07, 6.45) is 2.07. The number of amides is 1. The molecule has 1 aromatic rings. The van der Waals surface area contributed by atoms with Gasteiger partial charge in [-0.25, -0.2) is 0 Å². The summed E-state index contributed by atoms with van der Waals surface area (Å²) < 4.78 is 0.883. The monoisotopic (exact) mass is 346 g/mol. The van der Waals surface area contributed by atoms with Crippen LogP contribution in [0.4, 0.5) is 0 Å². The summed E-state index contributed by atoms with van der Waals surface area (Å²) in [6.45, 7) is 4.02.